The molecule has 0 saturated heterocycles. The molecule has 13 heavy (non-hydrogen) atoms. The van der Waals surface area contributed by atoms with Crippen molar-refractivity contribution in [1.82, 2.24) is 0 Å². The van der Waals surface area contributed by atoms with Gasteiger partial charge in [0.15, 0.2) is 0 Å². The van der Waals surface area contributed by atoms with Crippen LogP contribution in [-0.4, -0.2) is 0 Å². The second-order valence-corrected chi connectivity index (χ2v) is 4.91. The molecule has 0 spiro atoms. The van der Waals surface area contributed by atoms with E-state index < -0.39 is 0 Å². The Bertz CT molecular complexity index is 172. The molecule has 0 amide bonds. The van der Waals surface area contributed by atoms with Gasteiger partial charge >= 0.3 is 0 Å². The number of rotatable bonds is 6. The van der Waals surface area contributed by atoms with Gasteiger partial charge in [-0.15, -0.1) is 6.58 Å². The molecule has 0 rings (SSSR count). The minimum atomic E-state index is 0.276. The van der Waals surface area contributed by atoms with Gasteiger partial charge in [0.2, 0.25) is 0 Å². The zero-order chi connectivity index (χ0) is 10.5. The Morgan fingerprint density at radius 2 is 1.92 bits per heavy atom. The molecule has 0 heterocycles. The fraction of sp³-hybridized carbons (Fsp3) is 0.692. The van der Waals surface area contributed by atoms with Gasteiger partial charge in [0, 0.05) is 0 Å². The highest BCUT2D eigenvalue weighted by Gasteiger charge is 2.20. The summed E-state index contributed by atoms with van der Waals surface area (Å²) in [6.07, 6.45) is 5.41. The summed E-state index contributed by atoms with van der Waals surface area (Å²) in [6, 6.07) is 0. The van der Waals surface area contributed by atoms with E-state index >= 15 is 0 Å². The molecule has 0 aliphatic rings. The molecule has 0 aliphatic carbocycles. The van der Waals surface area contributed by atoms with Crippen LogP contribution >= 0.6 is 0 Å². The minimum absolute atomic E-state index is 0.276. The summed E-state index contributed by atoms with van der Waals surface area (Å²) in [5.41, 5.74) is 1.58. The van der Waals surface area contributed by atoms with Crippen LogP contribution in [0.4, 0.5) is 0 Å². The van der Waals surface area contributed by atoms with E-state index in [9.17, 15) is 0 Å². The fourth-order valence-electron chi connectivity index (χ4n) is 1.28. The molecule has 0 aromatic heterocycles. The first-order valence-corrected chi connectivity index (χ1v) is 5.19. The zero-order valence-electron chi connectivity index (χ0n) is 9.69. The van der Waals surface area contributed by atoms with E-state index in [1.54, 1.807) is 0 Å². The molecule has 0 nitrogen and oxygen atoms in total. The third-order valence-corrected chi connectivity index (χ3v) is 2.69. The van der Waals surface area contributed by atoms with Crippen molar-refractivity contribution in [3.05, 3.63) is 24.8 Å². The van der Waals surface area contributed by atoms with E-state index in [1.165, 1.54) is 18.4 Å². The summed E-state index contributed by atoms with van der Waals surface area (Å²) in [5.74, 6) is 0.788. The van der Waals surface area contributed by atoms with Crippen molar-refractivity contribution in [3.8, 4) is 0 Å². The Morgan fingerprint density at radius 3 is 2.31 bits per heavy atom. The van der Waals surface area contributed by atoms with Crippen molar-refractivity contribution in [1.29, 1.82) is 0 Å². The van der Waals surface area contributed by atoms with Gasteiger partial charge in [0.25, 0.3) is 0 Å². The van der Waals surface area contributed by atoms with Crippen molar-refractivity contribution < 1.29 is 0 Å². The van der Waals surface area contributed by atoms with E-state index in [4.69, 9.17) is 0 Å². The molecule has 0 heteroatoms. The van der Waals surface area contributed by atoms with Gasteiger partial charge < -0.3 is 0 Å². The van der Waals surface area contributed by atoms with E-state index in [0.717, 1.165) is 12.3 Å². The molecule has 76 valence electrons. The standard InChI is InChI=1S/C13H24/c1-7-8-12(4)13(5,6)10-9-11(2)3/h7,11H,1,4,8-10H2,2-3,5-6H3. The Morgan fingerprint density at radius 1 is 1.38 bits per heavy atom. The molecule has 0 aliphatic heterocycles. The molecule has 0 radical (unpaired) electrons. The second kappa shape index (κ2) is 5.26. The van der Waals surface area contributed by atoms with Gasteiger partial charge in [-0.2, -0.15) is 0 Å². The summed E-state index contributed by atoms with van der Waals surface area (Å²) < 4.78 is 0. The fourth-order valence-corrected chi connectivity index (χ4v) is 1.28. The smallest absolute Gasteiger partial charge is 0.0139 e. The average Bonchev–Trinajstić information content (AvgIpc) is 2.01. The third kappa shape index (κ3) is 4.92. The lowest BCUT2D eigenvalue weighted by atomic mass is 9.78. The Hall–Kier alpha value is -0.520. The lowest BCUT2D eigenvalue weighted by Gasteiger charge is -2.27. The van der Waals surface area contributed by atoms with Crippen LogP contribution in [0.2, 0.25) is 0 Å². The number of allylic oxidation sites excluding steroid dienone is 2. The first-order chi connectivity index (χ1) is 5.90. The summed E-state index contributed by atoms with van der Waals surface area (Å²) in [4.78, 5) is 0. The van der Waals surface area contributed by atoms with E-state index in [2.05, 4.69) is 40.9 Å². The van der Waals surface area contributed by atoms with Crippen LogP contribution in [0.3, 0.4) is 0 Å². The van der Waals surface area contributed by atoms with Crippen LogP contribution in [0, 0.1) is 11.3 Å². The zero-order valence-corrected chi connectivity index (χ0v) is 9.69. The Labute approximate surface area is 83.7 Å². The number of hydrogen-bond acceptors (Lipinski definition) is 0. The van der Waals surface area contributed by atoms with Gasteiger partial charge in [-0.3, -0.25) is 0 Å². The van der Waals surface area contributed by atoms with Gasteiger partial charge in [-0.1, -0.05) is 52.3 Å². The summed E-state index contributed by atoms with van der Waals surface area (Å²) >= 11 is 0. The Kier molecular flexibility index (Phi) is 5.05. The van der Waals surface area contributed by atoms with Crippen molar-refractivity contribution in [2.24, 2.45) is 11.3 Å². The maximum absolute atomic E-state index is 4.12. The van der Waals surface area contributed by atoms with E-state index in [-0.39, 0.29) is 5.41 Å². The molecule has 0 saturated carbocycles. The molecule has 0 fully saturated rings. The molecule has 0 unspecified atom stereocenters. The maximum atomic E-state index is 4.12. The summed E-state index contributed by atoms with van der Waals surface area (Å²) in [6.45, 7) is 17.0. The SMILES string of the molecule is C=CCC(=C)C(C)(C)CCC(C)C. The molecular weight excluding hydrogens is 156 g/mol. The maximum Gasteiger partial charge on any atom is -0.0139 e. The molecule has 0 atom stereocenters. The van der Waals surface area contributed by atoms with Crippen molar-refractivity contribution in [3.63, 3.8) is 0 Å². The second-order valence-electron chi connectivity index (χ2n) is 4.91. The first-order valence-electron chi connectivity index (χ1n) is 5.19. The molecular formula is C13H24. The lowest BCUT2D eigenvalue weighted by molar-refractivity contribution is 0.358. The Balaban J connectivity index is 4.05. The predicted molar refractivity (Wildman–Crippen MR) is 61.8 cm³/mol. The molecule has 0 aromatic rings. The lowest BCUT2D eigenvalue weighted by Crippen LogP contribution is -2.14. The van der Waals surface area contributed by atoms with Crippen LogP contribution < -0.4 is 0 Å². The predicted octanol–water partition coefficient (Wildman–Crippen LogP) is 4.58. The largest absolute Gasteiger partial charge is 0.103 e. The molecule has 0 aromatic carbocycles. The van der Waals surface area contributed by atoms with E-state index in [1.807, 2.05) is 6.08 Å². The molecule has 0 bridgehead atoms. The van der Waals surface area contributed by atoms with Crippen LogP contribution in [-0.2, 0) is 0 Å². The van der Waals surface area contributed by atoms with Gasteiger partial charge in [-0.05, 0) is 24.2 Å². The van der Waals surface area contributed by atoms with Gasteiger partial charge in [0.1, 0.15) is 0 Å². The molecule has 0 N–H and O–H groups in total. The number of hydrogen-bond donors (Lipinski definition) is 0. The average molecular weight is 180 g/mol. The van der Waals surface area contributed by atoms with E-state index in [0.29, 0.717) is 0 Å². The van der Waals surface area contributed by atoms with Crippen molar-refractivity contribution in [2.45, 2.75) is 47.0 Å². The monoisotopic (exact) mass is 180 g/mol. The van der Waals surface area contributed by atoms with Crippen molar-refractivity contribution in [2.75, 3.05) is 0 Å². The highest BCUT2D eigenvalue weighted by atomic mass is 14.3. The normalized spacial score (nSPS) is 11.8. The van der Waals surface area contributed by atoms with Crippen LogP contribution in [0.25, 0.3) is 0 Å². The van der Waals surface area contributed by atoms with Crippen molar-refractivity contribution >= 4 is 0 Å². The highest BCUT2D eigenvalue weighted by Crippen LogP contribution is 2.33. The van der Waals surface area contributed by atoms with Gasteiger partial charge in [-0.25, -0.2) is 0 Å². The summed E-state index contributed by atoms with van der Waals surface area (Å²) in [7, 11) is 0. The van der Waals surface area contributed by atoms with Crippen LogP contribution in [0.5, 0.6) is 0 Å². The topological polar surface area (TPSA) is 0 Å². The summed E-state index contributed by atoms with van der Waals surface area (Å²) in [5, 5.41) is 0. The first kappa shape index (κ1) is 12.5. The van der Waals surface area contributed by atoms with Crippen LogP contribution in [0.1, 0.15) is 47.0 Å². The van der Waals surface area contributed by atoms with Gasteiger partial charge in [0.05, 0.1) is 0 Å². The third-order valence-electron chi connectivity index (χ3n) is 2.69. The highest BCUT2D eigenvalue weighted by molar-refractivity contribution is 5.10. The quantitative estimate of drug-likeness (QED) is 0.525. The van der Waals surface area contributed by atoms with Crippen LogP contribution in [0.15, 0.2) is 24.8 Å². The minimum Gasteiger partial charge on any atom is -0.103 e.